The molecule has 0 aliphatic heterocycles. The van der Waals surface area contributed by atoms with Crippen LogP contribution in [-0.2, 0) is 6.42 Å². The molecule has 0 aliphatic carbocycles. The Morgan fingerprint density at radius 3 is 2.59 bits per heavy atom. The van der Waals surface area contributed by atoms with Crippen molar-refractivity contribution in [2.45, 2.75) is 45.7 Å². The summed E-state index contributed by atoms with van der Waals surface area (Å²) in [5.41, 5.74) is 1.16. The van der Waals surface area contributed by atoms with Crippen LogP contribution < -0.4 is 0 Å². The van der Waals surface area contributed by atoms with Gasteiger partial charge in [0.2, 0.25) is 0 Å². The molecule has 2 aromatic heterocycles. The highest BCUT2D eigenvalue weighted by Crippen LogP contribution is 2.13. The third-order valence-corrected chi connectivity index (χ3v) is 2.99. The third-order valence-electron chi connectivity index (χ3n) is 2.99. The fourth-order valence-corrected chi connectivity index (χ4v) is 1.83. The van der Waals surface area contributed by atoms with E-state index >= 15 is 0 Å². The molecule has 4 nitrogen and oxygen atoms in total. The van der Waals surface area contributed by atoms with Gasteiger partial charge in [0.05, 0.1) is 5.69 Å². The Morgan fingerprint density at radius 2 is 2.00 bits per heavy atom. The zero-order valence-electron chi connectivity index (χ0n) is 10.7. The molecule has 2 aromatic rings. The molecule has 0 N–H and O–H groups in total. The van der Waals surface area contributed by atoms with Gasteiger partial charge in [-0.25, -0.2) is 0 Å². The third kappa shape index (κ3) is 2.96. The predicted octanol–water partition coefficient (Wildman–Crippen LogP) is 2.85. The summed E-state index contributed by atoms with van der Waals surface area (Å²) in [5, 5.41) is 8.80. The molecule has 17 heavy (non-hydrogen) atoms. The fraction of sp³-hybridized carbons (Fsp3) is 0.538. The second-order valence-corrected chi connectivity index (χ2v) is 4.75. The zero-order valence-corrected chi connectivity index (χ0v) is 10.7. The molecular weight excluding hydrogens is 212 g/mol. The van der Waals surface area contributed by atoms with E-state index in [9.17, 15) is 0 Å². The van der Waals surface area contributed by atoms with Gasteiger partial charge in [-0.3, -0.25) is 9.36 Å². The van der Waals surface area contributed by atoms with Crippen molar-refractivity contribution in [2.24, 2.45) is 0 Å². The van der Waals surface area contributed by atoms with E-state index < -0.39 is 0 Å². The maximum Gasteiger partial charge on any atom is 0.0625 e. The molecule has 1 atom stereocenters. The molecule has 0 saturated carbocycles. The van der Waals surface area contributed by atoms with Gasteiger partial charge in [-0.05, 0) is 45.7 Å². The number of aryl methyl sites for hydroxylation is 1. The number of aromatic nitrogens is 4. The van der Waals surface area contributed by atoms with Crippen LogP contribution in [0.3, 0.4) is 0 Å². The van der Waals surface area contributed by atoms with Crippen LogP contribution in [-0.4, -0.2) is 19.6 Å². The fourth-order valence-electron chi connectivity index (χ4n) is 1.83. The zero-order chi connectivity index (χ0) is 12.3. The van der Waals surface area contributed by atoms with Crippen LogP contribution in [0, 0.1) is 0 Å². The van der Waals surface area contributed by atoms with Crippen LogP contribution in [0.5, 0.6) is 0 Å². The standard InChI is InChI=1S/C13H20N4/c1-11(2)16-10-7-13(15-16)6-5-12(3)17-9-4-8-14-17/h4,7-12H,5-6H2,1-3H3. The lowest BCUT2D eigenvalue weighted by atomic mass is 10.1. The van der Waals surface area contributed by atoms with Gasteiger partial charge in [0, 0.05) is 30.7 Å². The van der Waals surface area contributed by atoms with Crippen LogP contribution in [0.25, 0.3) is 0 Å². The Balaban J connectivity index is 1.89. The highest BCUT2D eigenvalue weighted by molar-refractivity contribution is 5.00. The molecule has 0 aromatic carbocycles. The highest BCUT2D eigenvalue weighted by Gasteiger charge is 2.07. The lowest BCUT2D eigenvalue weighted by molar-refractivity contribution is 0.454. The lowest BCUT2D eigenvalue weighted by Gasteiger charge is -2.10. The Labute approximate surface area is 102 Å². The van der Waals surface area contributed by atoms with Gasteiger partial charge in [0.15, 0.2) is 0 Å². The van der Waals surface area contributed by atoms with Crippen LogP contribution >= 0.6 is 0 Å². The summed E-state index contributed by atoms with van der Waals surface area (Å²) in [7, 11) is 0. The molecular formula is C13H20N4. The van der Waals surface area contributed by atoms with Gasteiger partial charge in [-0.1, -0.05) is 0 Å². The van der Waals surface area contributed by atoms with Crippen molar-refractivity contribution < 1.29 is 0 Å². The van der Waals surface area contributed by atoms with Crippen LogP contribution in [0.2, 0.25) is 0 Å². The smallest absolute Gasteiger partial charge is 0.0625 e. The van der Waals surface area contributed by atoms with Crippen molar-refractivity contribution in [1.29, 1.82) is 0 Å². The van der Waals surface area contributed by atoms with Crippen LogP contribution in [0.4, 0.5) is 0 Å². The Kier molecular flexibility index (Phi) is 3.61. The average Bonchev–Trinajstić information content (AvgIpc) is 2.97. The van der Waals surface area contributed by atoms with E-state index in [0.29, 0.717) is 12.1 Å². The summed E-state index contributed by atoms with van der Waals surface area (Å²) in [6, 6.07) is 4.93. The molecule has 92 valence electrons. The van der Waals surface area contributed by atoms with Gasteiger partial charge < -0.3 is 0 Å². The van der Waals surface area contributed by atoms with E-state index in [0.717, 1.165) is 18.5 Å². The normalized spacial score (nSPS) is 13.2. The molecule has 2 rings (SSSR count). The minimum Gasteiger partial charge on any atom is -0.270 e. The van der Waals surface area contributed by atoms with Crippen LogP contribution in [0.15, 0.2) is 30.7 Å². The highest BCUT2D eigenvalue weighted by atomic mass is 15.3. The maximum atomic E-state index is 4.55. The first kappa shape index (κ1) is 11.9. The van der Waals surface area contributed by atoms with Crippen molar-refractivity contribution in [3.8, 4) is 0 Å². The molecule has 0 saturated heterocycles. The first-order chi connectivity index (χ1) is 8.16. The van der Waals surface area contributed by atoms with E-state index in [1.165, 1.54) is 0 Å². The molecule has 0 amide bonds. The molecule has 0 bridgehead atoms. The number of nitrogens with zero attached hydrogens (tertiary/aromatic N) is 4. The maximum absolute atomic E-state index is 4.55. The molecule has 1 unspecified atom stereocenters. The van der Waals surface area contributed by atoms with Crippen molar-refractivity contribution in [3.63, 3.8) is 0 Å². The van der Waals surface area contributed by atoms with E-state index in [-0.39, 0.29) is 0 Å². The molecule has 2 heterocycles. The summed E-state index contributed by atoms with van der Waals surface area (Å²) in [5.74, 6) is 0. The Bertz CT molecular complexity index is 442. The predicted molar refractivity (Wildman–Crippen MR) is 67.9 cm³/mol. The monoisotopic (exact) mass is 232 g/mol. The summed E-state index contributed by atoms with van der Waals surface area (Å²) < 4.78 is 4.01. The van der Waals surface area contributed by atoms with Crippen molar-refractivity contribution in [1.82, 2.24) is 19.6 Å². The molecule has 0 aliphatic rings. The first-order valence-corrected chi connectivity index (χ1v) is 6.20. The van der Waals surface area contributed by atoms with Crippen molar-refractivity contribution >= 4 is 0 Å². The average molecular weight is 232 g/mol. The topological polar surface area (TPSA) is 35.6 Å². The van der Waals surface area contributed by atoms with E-state index in [2.05, 4.69) is 43.2 Å². The summed E-state index contributed by atoms with van der Waals surface area (Å²) in [6.07, 6.45) is 7.96. The summed E-state index contributed by atoms with van der Waals surface area (Å²) in [6.45, 7) is 6.47. The minimum atomic E-state index is 0.425. The summed E-state index contributed by atoms with van der Waals surface area (Å²) >= 11 is 0. The molecule has 4 heteroatoms. The van der Waals surface area contributed by atoms with Crippen molar-refractivity contribution in [3.05, 3.63) is 36.4 Å². The Morgan fingerprint density at radius 1 is 1.18 bits per heavy atom. The second-order valence-electron chi connectivity index (χ2n) is 4.75. The molecule has 0 spiro atoms. The second kappa shape index (κ2) is 5.17. The SMILES string of the molecule is CC(C)n1ccc(CCC(C)n2cccn2)n1. The van der Waals surface area contributed by atoms with E-state index in [1.54, 1.807) is 0 Å². The van der Waals surface area contributed by atoms with E-state index in [4.69, 9.17) is 0 Å². The Hall–Kier alpha value is -1.58. The van der Waals surface area contributed by atoms with Crippen LogP contribution in [0.1, 0.15) is 45.0 Å². The first-order valence-electron chi connectivity index (χ1n) is 6.20. The van der Waals surface area contributed by atoms with E-state index in [1.807, 2.05) is 27.8 Å². The quantitative estimate of drug-likeness (QED) is 0.794. The number of hydrogen-bond acceptors (Lipinski definition) is 2. The minimum absolute atomic E-state index is 0.425. The lowest BCUT2D eigenvalue weighted by Crippen LogP contribution is -2.07. The van der Waals surface area contributed by atoms with Gasteiger partial charge in [-0.2, -0.15) is 10.2 Å². The van der Waals surface area contributed by atoms with Gasteiger partial charge in [0.25, 0.3) is 0 Å². The largest absolute Gasteiger partial charge is 0.270 e. The number of hydrogen-bond donors (Lipinski definition) is 0. The van der Waals surface area contributed by atoms with Gasteiger partial charge in [0.1, 0.15) is 0 Å². The van der Waals surface area contributed by atoms with Crippen molar-refractivity contribution in [2.75, 3.05) is 0 Å². The molecule has 0 radical (unpaired) electrons. The number of rotatable bonds is 5. The van der Waals surface area contributed by atoms with Gasteiger partial charge >= 0.3 is 0 Å². The van der Waals surface area contributed by atoms with Gasteiger partial charge in [-0.15, -0.1) is 0 Å². The molecule has 0 fully saturated rings. The summed E-state index contributed by atoms with van der Waals surface area (Å²) in [4.78, 5) is 0.